The van der Waals surface area contributed by atoms with E-state index < -0.39 is 0 Å². The largest absolute Gasteiger partial charge is 0.325 e. The molecule has 0 radical (unpaired) electrons. The third-order valence-corrected chi connectivity index (χ3v) is 7.41. The highest BCUT2D eigenvalue weighted by Gasteiger charge is 2.22. The lowest BCUT2D eigenvalue weighted by Crippen LogP contribution is -2.26. The minimum Gasteiger partial charge on any atom is -0.325 e. The van der Waals surface area contributed by atoms with E-state index in [1.54, 1.807) is 16.3 Å². The van der Waals surface area contributed by atoms with Crippen LogP contribution >= 0.6 is 23.5 Å². The second kappa shape index (κ2) is 9.22. The second-order valence-electron chi connectivity index (χ2n) is 7.51. The number of fused-ring (bicyclic) bond motifs is 2. The number of carbonyl (C=O) groups is 1. The summed E-state index contributed by atoms with van der Waals surface area (Å²) < 4.78 is 1.70. The molecule has 3 aromatic carbocycles. The zero-order chi connectivity index (χ0) is 21.9. The molecule has 0 spiro atoms. The van der Waals surface area contributed by atoms with Gasteiger partial charge >= 0.3 is 0 Å². The van der Waals surface area contributed by atoms with Gasteiger partial charge in [0, 0.05) is 23.2 Å². The minimum absolute atomic E-state index is 0.0154. The molecule has 0 bridgehead atoms. The third-order valence-electron chi connectivity index (χ3n) is 5.33. The van der Waals surface area contributed by atoms with Gasteiger partial charge in [0.15, 0.2) is 5.16 Å². The molecule has 1 aliphatic heterocycles. The molecule has 0 unspecified atom stereocenters. The molecule has 7 heteroatoms. The van der Waals surface area contributed by atoms with Crippen LogP contribution in [0.15, 0.2) is 87.6 Å². The Morgan fingerprint density at radius 1 is 1.03 bits per heavy atom. The Kier molecular flexibility index (Phi) is 6.01. The van der Waals surface area contributed by atoms with Gasteiger partial charge in [0.1, 0.15) is 0 Å². The molecule has 0 fully saturated rings. The molecule has 0 aliphatic carbocycles. The number of nitrogens with one attached hydrogen (secondary N) is 1. The van der Waals surface area contributed by atoms with Gasteiger partial charge in [-0.2, -0.15) is 0 Å². The molecule has 4 aromatic rings. The summed E-state index contributed by atoms with van der Waals surface area (Å²) in [5.41, 5.74) is 2.65. The molecular formula is C25H21N3O2S2. The van der Waals surface area contributed by atoms with Crippen LogP contribution in [0, 0.1) is 0 Å². The van der Waals surface area contributed by atoms with E-state index in [2.05, 4.69) is 5.32 Å². The normalized spacial score (nSPS) is 12.6. The van der Waals surface area contributed by atoms with Crippen LogP contribution in [0.25, 0.3) is 10.8 Å². The maximum atomic E-state index is 13.2. The van der Waals surface area contributed by atoms with Gasteiger partial charge in [-0.1, -0.05) is 78.5 Å². The highest BCUT2D eigenvalue weighted by Crippen LogP contribution is 2.29. The third kappa shape index (κ3) is 4.31. The van der Waals surface area contributed by atoms with Crippen molar-refractivity contribution in [1.29, 1.82) is 0 Å². The smallest absolute Gasteiger partial charge is 0.268 e. The van der Waals surface area contributed by atoms with Gasteiger partial charge in [-0.25, -0.2) is 4.98 Å². The van der Waals surface area contributed by atoms with Crippen LogP contribution in [0.2, 0.25) is 0 Å². The summed E-state index contributed by atoms with van der Waals surface area (Å²) in [4.78, 5) is 31.4. The van der Waals surface area contributed by atoms with Gasteiger partial charge in [-0.3, -0.25) is 14.2 Å². The lowest BCUT2D eigenvalue weighted by molar-refractivity contribution is -0.113. The molecule has 2 heterocycles. The average molecular weight is 460 g/mol. The lowest BCUT2D eigenvalue weighted by atomic mass is 10.1. The van der Waals surface area contributed by atoms with E-state index in [9.17, 15) is 9.59 Å². The van der Waals surface area contributed by atoms with Gasteiger partial charge in [0.2, 0.25) is 5.91 Å². The van der Waals surface area contributed by atoms with Gasteiger partial charge < -0.3 is 5.32 Å². The van der Waals surface area contributed by atoms with Gasteiger partial charge in [0.25, 0.3) is 5.56 Å². The summed E-state index contributed by atoms with van der Waals surface area (Å²) in [6.07, 6.45) is 0.789. The molecule has 1 aromatic heterocycles. The van der Waals surface area contributed by atoms with E-state index in [0.717, 1.165) is 44.8 Å². The molecule has 5 rings (SSSR count). The maximum Gasteiger partial charge on any atom is 0.268 e. The first-order valence-electron chi connectivity index (χ1n) is 10.4. The summed E-state index contributed by atoms with van der Waals surface area (Å²) in [5.74, 6) is 0.927. The number of hydrogen-bond acceptors (Lipinski definition) is 5. The average Bonchev–Trinajstić information content (AvgIpc) is 3.30. The predicted molar refractivity (Wildman–Crippen MR) is 132 cm³/mol. The van der Waals surface area contributed by atoms with Crippen LogP contribution in [0.1, 0.15) is 11.3 Å². The summed E-state index contributed by atoms with van der Waals surface area (Å²) in [6, 6.07) is 23.7. The number of nitrogens with zero attached hydrogens (tertiary/aromatic N) is 2. The number of benzene rings is 3. The SMILES string of the molecule is O=C(CSc1nc2c(c(=O)n1Cc1ccccc1)SCC2)Nc1cccc2ccccc12. The lowest BCUT2D eigenvalue weighted by Gasteiger charge is -2.14. The number of thioether (sulfide) groups is 2. The van der Waals surface area contributed by atoms with E-state index in [1.165, 1.54) is 11.8 Å². The van der Waals surface area contributed by atoms with Gasteiger partial charge in [-0.05, 0) is 17.0 Å². The van der Waals surface area contributed by atoms with Crippen LogP contribution in [-0.2, 0) is 17.8 Å². The predicted octanol–water partition coefficient (Wildman–Crippen LogP) is 4.82. The molecular weight excluding hydrogens is 438 g/mol. The van der Waals surface area contributed by atoms with Crippen LogP contribution in [0.4, 0.5) is 5.69 Å². The zero-order valence-electron chi connectivity index (χ0n) is 17.3. The Morgan fingerprint density at radius 3 is 2.69 bits per heavy atom. The number of carbonyl (C=O) groups excluding carboxylic acids is 1. The van der Waals surface area contributed by atoms with Crippen molar-refractivity contribution in [2.24, 2.45) is 0 Å². The van der Waals surface area contributed by atoms with Crippen LogP contribution in [-0.4, -0.2) is 27.0 Å². The van der Waals surface area contributed by atoms with E-state index in [1.807, 2.05) is 72.8 Å². The van der Waals surface area contributed by atoms with Crippen LogP contribution < -0.4 is 10.9 Å². The Hall–Kier alpha value is -3.03. The van der Waals surface area contributed by atoms with Gasteiger partial charge in [0.05, 0.1) is 22.9 Å². The summed E-state index contributed by atoms with van der Waals surface area (Å²) in [5, 5.41) is 5.68. The number of rotatable bonds is 6. The van der Waals surface area contributed by atoms with E-state index in [-0.39, 0.29) is 17.2 Å². The monoisotopic (exact) mass is 459 g/mol. The maximum absolute atomic E-state index is 13.2. The molecule has 1 amide bonds. The fourth-order valence-electron chi connectivity index (χ4n) is 3.79. The van der Waals surface area contributed by atoms with Crippen molar-refractivity contribution in [3.05, 3.63) is 94.4 Å². The van der Waals surface area contributed by atoms with Crippen molar-refractivity contribution in [2.45, 2.75) is 23.0 Å². The van der Waals surface area contributed by atoms with Crippen molar-refractivity contribution < 1.29 is 4.79 Å². The number of aryl methyl sites for hydroxylation is 1. The molecule has 0 atom stereocenters. The fraction of sp³-hybridized carbons (Fsp3) is 0.160. The molecule has 0 saturated heterocycles. The molecule has 1 N–H and O–H groups in total. The molecule has 1 aliphatic rings. The van der Waals surface area contributed by atoms with Crippen molar-refractivity contribution in [3.8, 4) is 0 Å². The number of hydrogen-bond donors (Lipinski definition) is 1. The Labute approximate surface area is 194 Å². The summed E-state index contributed by atoms with van der Waals surface area (Å²) in [6.45, 7) is 0.438. The van der Waals surface area contributed by atoms with Crippen molar-refractivity contribution in [1.82, 2.24) is 9.55 Å². The number of amides is 1. The number of aromatic nitrogens is 2. The summed E-state index contributed by atoms with van der Waals surface area (Å²) >= 11 is 2.88. The first-order chi connectivity index (χ1) is 15.7. The van der Waals surface area contributed by atoms with E-state index in [4.69, 9.17) is 4.98 Å². The first-order valence-corrected chi connectivity index (χ1v) is 12.4. The van der Waals surface area contributed by atoms with Gasteiger partial charge in [-0.15, -0.1) is 11.8 Å². The molecule has 5 nitrogen and oxygen atoms in total. The highest BCUT2D eigenvalue weighted by molar-refractivity contribution is 8.00. The number of anilines is 1. The van der Waals surface area contributed by atoms with Crippen LogP contribution in [0.5, 0.6) is 0 Å². The van der Waals surface area contributed by atoms with E-state index in [0.29, 0.717) is 11.7 Å². The van der Waals surface area contributed by atoms with Crippen LogP contribution in [0.3, 0.4) is 0 Å². The second-order valence-corrected chi connectivity index (χ2v) is 9.56. The van der Waals surface area contributed by atoms with Crippen molar-refractivity contribution in [3.63, 3.8) is 0 Å². The van der Waals surface area contributed by atoms with Crippen molar-refractivity contribution >= 4 is 45.9 Å². The Bertz CT molecular complexity index is 1350. The zero-order valence-corrected chi connectivity index (χ0v) is 18.9. The summed E-state index contributed by atoms with van der Waals surface area (Å²) in [7, 11) is 0. The van der Waals surface area contributed by atoms with E-state index >= 15 is 0 Å². The van der Waals surface area contributed by atoms with Crippen molar-refractivity contribution in [2.75, 3.05) is 16.8 Å². The fourth-order valence-corrected chi connectivity index (χ4v) is 5.65. The first kappa shape index (κ1) is 20.8. The Balaban J connectivity index is 1.38. The molecule has 160 valence electrons. The quantitative estimate of drug-likeness (QED) is 0.331. The Morgan fingerprint density at radius 2 is 1.81 bits per heavy atom. The standard InChI is InChI=1S/C25H21N3O2S2/c29-22(26-20-12-6-10-18-9-4-5-11-19(18)20)16-32-25-27-21-13-14-31-23(21)24(30)28(25)15-17-7-2-1-3-8-17/h1-12H,13-16H2,(H,26,29). The molecule has 0 saturated carbocycles. The molecule has 32 heavy (non-hydrogen) atoms. The highest BCUT2D eigenvalue weighted by atomic mass is 32.2. The minimum atomic E-state index is -0.123. The topological polar surface area (TPSA) is 64.0 Å².